The number of carbonyl (C=O) groups excluding carboxylic acids is 2. The molecule has 0 N–H and O–H groups in total. The zero-order chi connectivity index (χ0) is 22.1. The van der Waals surface area contributed by atoms with Crippen molar-refractivity contribution in [2.24, 2.45) is 0 Å². The lowest BCUT2D eigenvalue weighted by Gasteiger charge is -2.37. The van der Waals surface area contributed by atoms with Gasteiger partial charge in [0.15, 0.2) is 0 Å². The Labute approximate surface area is 189 Å². The summed E-state index contributed by atoms with van der Waals surface area (Å²) in [5.74, 6) is 1.08. The smallest absolute Gasteiger partial charge is 0.225 e. The molecule has 0 spiro atoms. The van der Waals surface area contributed by atoms with Crippen molar-refractivity contribution in [2.45, 2.75) is 32.4 Å². The van der Waals surface area contributed by atoms with E-state index >= 15 is 0 Å². The van der Waals surface area contributed by atoms with E-state index in [0.717, 1.165) is 62.6 Å². The number of amides is 2. The first-order valence-corrected chi connectivity index (χ1v) is 11.4. The average molecular weight is 432 g/mol. The van der Waals surface area contributed by atoms with Crippen LogP contribution in [-0.2, 0) is 22.6 Å². The fraction of sp³-hybridized carbons (Fsp3) is 0.385. The van der Waals surface area contributed by atoms with Crippen LogP contribution in [0.2, 0.25) is 0 Å². The molecule has 0 aromatic heterocycles. The van der Waals surface area contributed by atoms with Crippen molar-refractivity contribution in [3.8, 4) is 5.75 Å². The van der Waals surface area contributed by atoms with E-state index in [9.17, 15) is 9.59 Å². The van der Waals surface area contributed by atoms with Crippen molar-refractivity contribution >= 4 is 17.9 Å². The molecule has 1 saturated heterocycles. The Kier molecular flexibility index (Phi) is 5.70. The van der Waals surface area contributed by atoms with E-state index in [-0.39, 0.29) is 17.9 Å². The zero-order valence-electron chi connectivity index (χ0n) is 18.5. The van der Waals surface area contributed by atoms with Gasteiger partial charge in [-0.05, 0) is 34.4 Å². The third-order valence-corrected chi connectivity index (χ3v) is 6.72. The lowest BCUT2D eigenvalue weighted by atomic mass is 9.93. The molecule has 2 aromatic rings. The summed E-state index contributed by atoms with van der Waals surface area (Å²) in [5.41, 5.74) is 4.72. The lowest BCUT2D eigenvalue weighted by molar-refractivity contribution is -0.136. The highest BCUT2D eigenvalue weighted by atomic mass is 16.5. The molecule has 2 amide bonds. The fourth-order valence-electron chi connectivity index (χ4n) is 4.96. The number of hydrogen-bond donors (Lipinski definition) is 0. The Balaban J connectivity index is 1.20. The molecule has 6 nitrogen and oxygen atoms in total. The second kappa shape index (κ2) is 8.79. The van der Waals surface area contributed by atoms with Crippen LogP contribution < -0.4 is 4.74 Å². The monoisotopic (exact) mass is 431 g/mol. The van der Waals surface area contributed by atoms with Crippen LogP contribution in [0, 0.1) is 0 Å². The Morgan fingerprint density at radius 3 is 2.69 bits per heavy atom. The van der Waals surface area contributed by atoms with Crippen LogP contribution in [0.4, 0.5) is 0 Å². The van der Waals surface area contributed by atoms with E-state index in [2.05, 4.69) is 23.1 Å². The van der Waals surface area contributed by atoms with E-state index in [1.54, 1.807) is 11.8 Å². The van der Waals surface area contributed by atoms with Gasteiger partial charge in [0.1, 0.15) is 5.75 Å². The number of ether oxygens (including phenoxy) is 1. The van der Waals surface area contributed by atoms with E-state index in [1.807, 2.05) is 41.4 Å². The van der Waals surface area contributed by atoms with Gasteiger partial charge >= 0.3 is 0 Å². The molecule has 6 heteroatoms. The third-order valence-electron chi connectivity index (χ3n) is 6.72. The van der Waals surface area contributed by atoms with Gasteiger partial charge in [-0.15, -0.1) is 0 Å². The normalized spacial score (nSPS) is 20.0. The molecule has 3 aliphatic heterocycles. The Morgan fingerprint density at radius 2 is 1.88 bits per heavy atom. The molecule has 166 valence electrons. The second-order valence-corrected chi connectivity index (χ2v) is 8.79. The van der Waals surface area contributed by atoms with Gasteiger partial charge in [0, 0.05) is 52.3 Å². The summed E-state index contributed by atoms with van der Waals surface area (Å²) in [6.45, 7) is 6.39. The van der Waals surface area contributed by atoms with E-state index in [4.69, 9.17) is 4.74 Å². The first-order chi connectivity index (χ1) is 15.6. The minimum absolute atomic E-state index is 0.0434. The summed E-state index contributed by atoms with van der Waals surface area (Å²) in [6, 6.07) is 14.2. The van der Waals surface area contributed by atoms with Gasteiger partial charge in [0.25, 0.3) is 0 Å². The van der Waals surface area contributed by atoms with Gasteiger partial charge in [-0.2, -0.15) is 0 Å². The summed E-state index contributed by atoms with van der Waals surface area (Å²) in [4.78, 5) is 31.4. The molecule has 1 fully saturated rings. The number of carbonyl (C=O) groups is 2. The molecule has 3 aliphatic rings. The van der Waals surface area contributed by atoms with E-state index in [0.29, 0.717) is 6.42 Å². The fourth-order valence-corrected chi connectivity index (χ4v) is 4.96. The lowest BCUT2D eigenvalue weighted by Crippen LogP contribution is -2.49. The van der Waals surface area contributed by atoms with Crippen LogP contribution >= 0.6 is 0 Å². The highest BCUT2D eigenvalue weighted by Gasteiger charge is 2.31. The molecular formula is C26H29N3O3. The Bertz CT molecular complexity index is 1060. The van der Waals surface area contributed by atoms with Gasteiger partial charge in [0.2, 0.25) is 11.8 Å². The average Bonchev–Trinajstić information content (AvgIpc) is 3.27. The van der Waals surface area contributed by atoms with Crippen LogP contribution in [0.1, 0.15) is 41.6 Å². The van der Waals surface area contributed by atoms with Gasteiger partial charge < -0.3 is 14.5 Å². The molecular weight excluding hydrogens is 402 g/mol. The quantitative estimate of drug-likeness (QED) is 0.746. The van der Waals surface area contributed by atoms with Crippen LogP contribution in [-0.4, -0.2) is 59.3 Å². The predicted molar refractivity (Wildman–Crippen MR) is 123 cm³/mol. The summed E-state index contributed by atoms with van der Waals surface area (Å²) >= 11 is 0. The van der Waals surface area contributed by atoms with Gasteiger partial charge in [-0.25, -0.2) is 0 Å². The molecule has 0 unspecified atom stereocenters. The molecule has 0 radical (unpaired) electrons. The number of benzene rings is 2. The maximum atomic E-state index is 13.2. The van der Waals surface area contributed by atoms with E-state index < -0.39 is 0 Å². The van der Waals surface area contributed by atoms with Crippen molar-refractivity contribution in [3.05, 3.63) is 70.9 Å². The molecule has 5 rings (SSSR count). The molecule has 3 heterocycles. The minimum Gasteiger partial charge on any atom is -0.493 e. The number of nitrogens with zero attached hydrogens (tertiary/aromatic N) is 3. The van der Waals surface area contributed by atoms with Crippen LogP contribution in [0.15, 0.2) is 48.7 Å². The summed E-state index contributed by atoms with van der Waals surface area (Å²) < 4.78 is 5.60. The molecule has 0 bridgehead atoms. The molecule has 2 aromatic carbocycles. The second-order valence-electron chi connectivity index (χ2n) is 8.79. The van der Waals surface area contributed by atoms with Crippen molar-refractivity contribution in [1.82, 2.24) is 14.7 Å². The maximum Gasteiger partial charge on any atom is 0.225 e. The van der Waals surface area contributed by atoms with Crippen LogP contribution in [0.3, 0.4) is 0 Å². The molecule has 1 atom stereocenters. The first kappa shape index (κ1) is 20.8. The van der Waals surface area contributed by atoms with Crippen molar-refractivity contribution < 1.29 is 14.3 Å². The molecule has 32 heavy (non-hydrogen) atoms. The highest BCUT2D eigenvalue weighted by molar-refractivity contribution is 5.82. The largest absolute Gasteiger partial charge is 0.493 e. The summed E-state index contributed by atoms with van der Waals surface area (Å²) in [5, 5.41) is 0. The number of rotatable bonds is 4. The number of fused-ring (bicyclic) bond motifs is 2. The first-order valence-electron chi connectivity index (χ1n) is 11.4. The van der Waals surface area contributed by atoms with Gasteiger partial charge in [0.05, 0.1) is 19.1 Å². The standard InChI is InChI=1S/C26H29N3O3/c1-19(30)29-10-8-21-4-2-3-5-23(21)24(29)17-26(31)28-13-11-27(12-14-28)18-20-6-7-25-22(16-20)9-15-32-25/h2-8,10,16,24H,9,11-15,17-18H2,1H3/t24-/m0/s1. The van der Waals surface area contributed by atoms with Gasteiger partial charge in [-0.1, -0.05) is 36.4 Å². The van der Waals surface area contributed by atoms with Crippen LogP contribution in [0.25, 0.3) is 6.08 Å². The maximum absolute atomic E-state index is 13.2. The molecule has 0 aliphatic carbocycles. The third kappa shape index (κ3) is 4.15. The minimum atomic E-state index is -0.243. The summed E-state index contributed by atoms with van der Waals surface area (Å²) in [6.07, 6.45) is 5.05. The Morgan fingerprint density at radius 1 is 1.06 bits per heavy atom. The number of piperazine rings is 1. The Hall–Kier alpha value is -3.12. The predicted octanol–water partition coefficient (Wildman–Crippen LogP) is 3.23. The molecule has 0 saturated carbocycles. The topological polar surface area (TPSA) is 53.1 Å². The zero-order valence-corrected chi connectivity index (χ0v) is 18.5. The van der Waals surface area contributed by atoms with Crippen molar-refractivity contribution in [2.75, 3.05) is 32.8 Å². The van der Waals surface area contributed by atoms with Gasteiger partial charge in [-0.3, -0.25) is 14.5 Å². The van der Waals surface area contributed by atoms with Crippen molar-refractivity contribution in [1.29, 1.82) is 0 Å². The van der Waals surface area contributed by atoms with E-state index in [1.165, 1.54) is 11.1 Å². The highest BCUT2D eigenvalue weighted by Crippen LogP contribution is 2.33. The van der Waals surface area contributed by atoms with Crippen molar-refractivity contribution in [3.63, 3.8) is 0 Å². The van der Waals surface area contributed by atoms with Crippen LogP contribution in [0.5, 0.6) is 5.75 Å². The number of hydrogen-bond acceptors (Lipinski definition) is 4. The summed E-state index contributed by atoms with van der Waals surface area (Å²) in [7, 11) is 0. The SMILES string of the molecule is CC(=O)N1C=Cc2ccccc2[C@@H]1CC(=O)N1CCN(Cc2ccc3c(c2)CCO3)CC1.